The van der Waals surface area contributed by atoms with Crippen LogP contribution in [0.15, 0.2) is 36.4 Å². The first kappa shape index (κ1) is 20.1. The minimum atomic E-state index is -4.68. The number of carbonyl (C=O) groups is 1. The van der Waals surface area contributed by atoms with Crippen molar-refractivity contribution < 1.29 is 27.4 Å². The fourth-order valence-electron chi connectivity index (χ4n) is 3.30. The molecule has 1 N–H and O–H groups in total. The van der Waals surface area contributed by atoms with Crippen molar-refractivity contribution in [3.05, 3.63) is 47.8 Å². The lowest BCUT2D eigenvalue weighted by Gasteiger charge is -2.11. The number of nitrogens with zero attached hydrogens (tertiary/aromatic N) is 3. The summed E-state index contributed by atoms with van der Waals surface area (Å²) in [5.41, 5.74) is -0.634. The number of fused-ring (bicyclic) bond motifs is 1. The Bertz CT molecular complexity index is 1060. The Balaban J connectivity index is 1.69. The lowest BCUT2D eigenvalue weighted by atomic mass is 10.1. The second-order valence-corrected chi connectivity index (χ2v) is 6.90. The highest BCUT2D eigenvalue weighted by atomic mass is 19.4. The van der Waals surface area contributed by atoms with Crippen LogP contribution < -0.4 is 10.1 Å². The van der Waals surface area contributed by atoms with Gasteiger partial charge in [-0.15, -0.1) is 0 Å². The Morgan fingerprint density at radius 2 is 2.07 bits per heavy atom. The Morgan fingerprint density at radius 3 is 2.70 bits per heavy atom. The number of nitrogens with one attached hydrogen (secondary N) is 1. The Kier molecular flexibility index (Phi) is 5.33. The highest BCUT2D eigenvalue weighted by molar-refractivity contribution is 5.93. The minimum Gasteiger partial charge on any atom is -0.497 e. The van der Waals surface area contributed by atoms with Gasteiger partial charge >= 0.3 is 6.18 Å². The molecule has 0 bridgehead atoms. The highest BCUT2D eigenvalue weighted by Gasteiger charge is 2.35. The van der Waals surface area contributed by atoms with Gasteiger partial charge in [0.15, 0.2) is 17.0 Å². The molecule has 0 saturated carbocycles. The van der Waals surface area contributed by atoms with E-state index in [1.165, 1.54) is 13.2 Å². The summed E-state index contributed by atoms with van der Waals surface area (Å²) in [6.45, 7) is 0.922. The van der Waals surface area contributed by atoms with Crippen LogP contribution in [-0.4, -0.2) is 46.9 Å². The zero-order valence-electron chi connectivity index (χ0n) is 16.1. The number of alkyl halides is 3. The van der Waals surface area contributed by atoms with Crippen LogP contribution in [0.3, 0.4) is 0 Å². The molecule has 0 radical (unpaired) electrons. The topological polar surface area (TPSA) is 77.8 Å². The molecule has 3 heterocycles. The fourth-order valence-corrected chi connectivity index (χ4v) is 3.30. The van der Waals surface area contributed by atoms with Crippen molar-refractivity contribution in [1.29, 1.82) is 0 Å². The van der Waals surface area contributed by atoms with E-state index >= 15 is 0 Å². The van der Waals surface area contributed by atoms with Crippen LogP contribution in [0.1, 0.15) is 29.0 Å². The van der Waals surface area contributed by atoms with E-state index in [0.29, 0.717) is 22.4 Å². The first-order chi connectivity index (χ1) is 14.3. The molecule has 1 aliphatic heterocycles. The molecule has 0 unspecified atom stereocenters. The summed E-state index contributed by atoms with van der Waals surface area (Å²) in [6, 6.07) is 8.65. The number of ether oxygens (including phenoxy) is 2. The van der Waals surface area contributed by atoms with Crippen LogP contribution in [0.2, 0.25) is 0 Å². The Labute approximate surface area is 169 Å². The van der Waals surface area contributed by atoms with Crippen LogP contribution >= 0.6 is 0 Å². The van der Waals surface area contributed by atoms with Crippen LogP contribution in [0.5, 0.6) is 5.75 Å². The number of methoxy groups -OCH3 is 1. The number of amides is 1. The maximum Gasteiger partial charge on any atom is 0.433 e. The first-order valence-corrected chi connectivity index (χ1v) is 9.37. The molecule has 3 aromatic rings. The van der Waals surface area contributed by atoms with Gasteiger partial charge in [-0.1, -0.05) is 0 Å². The molecule has 7 nitrogen and oxygen atoms in total. The van der Waals surface area contributed by atoms with Crippen molar-refractivity contribution >= 4 is 11.6 Å². The van der Waals surface area contributed by atoms with Gasteiger partial charge < -0.3 is 14.8 Å². The Morgan fingerprint density at radius 1 is 1.30 bits per heavy atom. The summed E-state index contributed by atoms with van der Waals surface area (Å²) < 4.78 is 52.2. The van der Waals surface area contributed by atoms with Crippen molar-refractivity contribution in [2.24, 2.45) is 0 Å². The number of hydrogen-bond acceptors (Lipinski definition) is 5. The lowest BCUT2D eigenvalue weighted by molar-refractivity contribution is -0.142. The normalized spacial score (nSPS) is 16.7. The van der Waals surface area contributed by atoms with Gasteiger partial charge in [-0.05, 0) is 43.2 Å². The number of hydrogen-bond donors (Lipinski definition) is 1. The average Bonchev–Trinajstić information content (AvgIpc) is 3.40. The summed E-state index contributed by atoms with van der Waals surface area (Å²) >= 11 is 0. The molecular weight excluding hydrogens is 401 g/mol. The number of aromatic nitrogens is 3. The highest BCUT2D eigenvalue weighted by Crippen LogP contribution is 2.32. The van der Waals surface area contributed by atoms with Crippen molar-refractivity contribution in [3.8, 4) is 17.0 Å². The molecule has 158 valence electrons. The van der Waals surface area contributed by atoms with Gasteiger partial charge in [0, 0.05) is 24.8 Å². The number of carbonyl (C=O) groups excluding carboxylic acids is 1. The molecule has 0 spiro atoms. The largest absolute Gasteiger partial charge is 0.497 e. The van der Waals surface area contributed by atoms with E-state index < -0.39 is 17.8 Å². The van der Waals surface area contributed by atoms with Gasteiger partial charge in [-0.2, -0.15) is 18.3 Å². The molecule has 10 heteroatoms. The molecule has 1 aromatic carbocycles. The first-order valence-electron chi connectivity index (χ1n) is 9.37. The van der Waals surface area contributed by atoms with Crippen LogP contribution in [0.25, 0.3) is 16.9 Å². The quantitative estimate of drug-likeness (QED) is 0.685. The summed E-state index contributed by atoms with van der Waals surface area (Å²) in [7, 11) is 1.50. The van der Waals surface area contributed by atoms with E-state index in [-0.39, 0.29) is 29.7 Å². The van der Waals surface area contributed by atoms with Crippen molar-refractivity contribution in [1.82, 2.24) is 19.9 Å². The third-order valence-electron chi connectivity index (χ3n) is 4.85. The van der Waals surface area contributed by atoms with E-state index in [1.54, 1.807) is 24.3 Å². The standard InChI is InChI=1S/C20H19F3N4O3/c1-29-13-6-4-12(5-7-13)15-9-17(20(21,22)23)27-18(25-15)10-16(26-27)19(28)24-11-14-3-2-8-30-14/h4-7,9-10,14H,2-3,8,11H2,1H3,(H,24,28)/t14-/m1/s1. The lowest BCUT2D eigenvalue weighted by Crippen LogP contribution is -2.32. The van der Waals surface area contributed by atoms with E-state index in [1.807, 2.05) is 0 Å². The predicted molar refractivity (Wildman–Crippen MR) is 101 cm³/mol. The number of halogens is 3. The SMILES string of the molecule is COc1ccc(-c2cc(C(F)(F)F)n3nc(C(=O)NC[C@H]4CCCO4)cc3n2)cc1. The Hall–Kier alpha value is -3.14. The number of benzene rings is 1. The summed E-state index contributed by atoms with van der Waals surface area (Å²) in [6.07, 6.45) is -3.02. The number of rotatable bonds is 5. The van der Waals surface area contributed by atoms with E-state index in [9.17, 15) is 18.0 Å². The van der Waals surface area contributed by atoms with Crippen LogP contribution in [0, 0.1) is 0 Å². The molecule has 1 fully saturated rings. The smallest absolute Gasteiger partial charge is 0.433 e. The predicted octanol–water partition coefficient (Wildman–Crippen LogP) is 3.33. The summed E-state index contributed by atoms with van der Waals surface area (Å²) in [5, 5.41) is 6.50. The zero-order valence-corrected chi connectivity index (χ0v) is 16.1. The fraction of sp³-hybridized carbons (Fsp3) is 0.350. The van der Waals surface area contributed by atoms with Gasteiger partial charge in [0.2, 0.25) is 0 Å². The van der Waals surface area contributed by atoms with E-state index in [0.717, 1.165) is 18.9 Å². The van der Waals surface area contributed by atoms with Gasteiger partial charge in [-0.25, -0.2) is 9.50 Å². The third kappa shape index (κ3) is 4.09. The molecule has 0 aliphatic carbocycles. The molecule has 1 amide bonds. The van der Waals surface area contributed by atoms with Crippen LogP contribution in [0.4, 0.5) is 13.2 Å². The summed E-state index contributed by atoms with van der Waals surface area (Å²) in [4.78, 5) is 16.7. The van der Waals surface area contributed by atoms with Crippen molar-refractivity contribution in [3.63, 3.8) is 0 Å². The van der Waals surface area contributed by atoms with Gasteiger partial charge in [0.1, 0.15) is 5.75 Å². The monoisotopic (exact) mass is 420 g/mol. The zero-order chi connectivity index (χ0) is 21.3. The van der Waals surface area contributed by atoms with Crippen molar-refractivity contribution in [2.75, 3.05) is 20.3 Å². The van der Waals surface area contributed by atoms with Crippen LogP contribution in [-0.2, 0) is 10.9 Å². The second-order valence-electron chi connectivity index (χ2n) is 6.90. The van der Waals surface area contributed by atoms with Gasteiger partial charge in [0.25, 0.3) is 5.91 Å². The molecule has 2 aromatic heterocycles. The van der Waals surface area contributed by atoms with Gasteiger partial charge in [0.05, 0.1) is 18.9 Å². The van der Waals surface area contributed by atoms with E-state index in [4.69, 9.17) is 9.47 Å². The molecular formula is C20H19F3N4O3. The molecule has 1 atom stereocenters. The second kappa shape index (κ2) is 7.94. The van der Waals surface area contributed by atoms with Gasteiger partial charge in [-0.3, -0.25) is 4.79 Å². The molecule has 30 heavy (non-hydrogen) atoms. The molecule has 4 rings (SSSR count). The average molecular weight is 420 g/mol. The third-order valence-corrected chi connectivity index (χ3v) is 4.85. The maximum atomic E-state index is 13.7. The minimum absolute atomic E-state index is 0.0714. The molecule has 1 saturated heterocycles. The molecule has 1 aliphatic rings. The maximum absolute atomic E-state index is 13.7. The summed E-state index contributed by atoms with van der Waals surface area (Å²) in [5.74, 6) is 0.000507. The van der Waals surface area contributed by atoms with E-state index in [2.05, 4.69) is 15.4 Å². The van der Waals surface area contributed by atoms with Crippen molar-refractivity contribution in [2.45, 2.75) is 25.1 Å².